The number of rotatable bonds is 2. The number of cyclic esters (lactones) is 1. The molecular formula is C22H23NO3. The van der Waals surface area contributed by atoms with Crippen molar-refractivity contribution in [3.05, 3.63) is 64.7 Å². The number of benzene rings is 2. The van der Waals surface area contributed by atoms with Gasteiger partial charge in [0.1, 0.15) is 12.4 Å². The maximum absolute atomic E-state index is 11.9. The van der Waals surface area contributed by atoms with E-state index in [0.717, 1.165) is 56.8 Å². The molecule has 4 heteroatoms. The molecule has 26 heavy (non-hydrogen) atoms. The number of fused-ring (bicyclic) bond motifs is 4. The first kappa shape index (κ1) is 15.9. The Morgan fingerprint density at radius 1 is 0.962 bits per heavy atom. The van der Waals surface area contributed by atoms with Gasteiger partial charge in [-0.05, 0) is 44.0 Å². The van der Waals surface area contributed by atoms with Gasteiger partial charge in [-0.2, -0.15) is 0 Å². The van der Waals surface area contributed by atoms with E-state index < -0.39 is 0 Å². The Balaban J connectivity index is 1.38. The average Bonchev–Trinajstić information content (AvgIpc) is 3.06. The Hall–Kier alpha value is -2.33. The van der Waals surface area contributed by atoms with Crippen LogP contribution in [0.15, 0.2) is 42.5 Å². The van der Waals surface area contributed by atoms with E-state index >= 15 is 0 Å². The van der Waals surface area contributed by atoms with Crippen LogP contribution in [-0.4, -0.2) is 30.6 Å². The Morgan fingerprint density at radius 3 is 2.58 bits per heavy atom. The summed E-state index contributed by atoms with van der Waals surface area (Å²) in [6, 6.07) is 14.8. The highest BCUT2D eigenvalue weighted by Crippen LogP contribution is 2.48. The van der Waals surface area contributed by atoms with E-state index in [1.165, 1.54) is 11.1 Å². The molecule has 0 N–H and O–H groups in total. The van der Waals surface area contributed by atoms with Gasteiger partial charge in [0.05, 0.1) is 12.2 Å². The van der Waals surface area contributed by atoms with Crippen molar-refractivity contribution in [3.8, 4) is 5.75 Å². The highest BCUT2D eigenvalue weighted by Gasteiger charge is 2.42. The number of likely N-dealkylation sites (tertiary alicyclic amines) is 1. The lowest BCUT2D eigenvalue weighted by molar-refractivity contribution is 0.0533. The zero-order valence-electron chi connectivity index (χ0n) is 14.9. The van der Waals surface area contributed by atoms with Gasteiger partial charge in [0.15, 0.2) is 0 Å². The standard InChI is InChI=1S/C22H23NO3/c24-21-17-6-7-19-20(18(17)15-26-21)25-13-10-22(19)8-11-23(12-9-22)14-16-4-2-1-3-5-16/h1-7H,8-15H2. The molecule has 0 aromatic heterocycles. The van der Waals surface area contributed by atoms with Crippen LogP contribution >= 0.6 is 0 Å². The van der Waals surface area contributed by atoms with Gasteiger partial charge < -0.3 is 9.47 Å². The summed E-state index contributed by atoms with van der Waals surface area (Å²) in [4.78, 5) is 14.4. The fourth-order valence-corrected chi connectivity index (χ4v) is 4.74. The molecule has 0 bridgehead atoms. The molecule has 0 aliphatic carbocycles. The Bertz CT molecular complexity index is 838. The minimum Gasteiger partial charge on any atom is -0.493 e. The first-order chi connectivity index (χ1) is 12.8. The molecule has 3 aliphatic heterocycles. The van der Waals surface area contributed by atoms with Crippen LogP contribution in [0.2, 0.25) is 0 Å². The largest absolute Gasteiger partial charge is 0.493 e. The second kappa shape index (κ2) is 6.13. The normalized spacial score (nSPS) is 21.0. The summed E-state index contributed by atoms with van der Waals surface area (Å²) in [5.74, 6) is 0.708. The van der Waals surface area contributed by atoms with Crippen molar-refractivity contribution in [1.82, 2.24) is 4.90 Å². The third kappa shape index (κ3) is 2.52. The Labute approximate surface area is 153 Å². The van der Waals surface area contributed by atoms with Crippen molar-refractivity contribution in [2.75, 3.05) is 19.7 Å². The molecule has 0 radical (unpaired) electrons. The van der Waals surface area contributed by atoms with Crippen molar-refractivity contribution < 1.29 is 14.3 Å². The molecule has 0 amide bonds. The number of ether oxygens (including phenoxy) is 2. The monoisotopic (exact) mass is 349 g/mol. The van der Waals surface area contributed by atoms with Gasteiger partial charge >= 0.3 is 5.97 Å². The summed E-state index contributed by atoms with van der Waals surface area (Å²) in [5.41, 5.74) is 4.49. The van der Waals surface area contributed by atoms with Gasteiger partial charge in [0, 0.05) is 23.1 Å². The van der Waals surface area contributed by atoms with Gasteiger partial charge in [-0.25, -0.2) is 4.79 Å². The topological polar surface area (TPSA) is 38.8 Å². The maximum Gasteiger partial charge on any atom is 0.339 e. The van der Waals surface area contributed by atoms with Crippen LogP contribution < -0.4 is 4.74 Å². The second-order valence-corrected chi connectivity index (χ2v) is 7.69. The molecular weight excluding hydrogens is 326 g/mol. The summed E-state index contributed by atoms with van der Waals surface area (Å²) in [6.45, 7) is 4.30. The lowest BCUT2D eigenvalue weighted by atomic mass is 9.68. The molecule has 1 saturated heterocycles. The molecule has 5 rings (SSSR count). The number of hydrogen-bond acceptors (Lipinski definition) is 4. The minimum atomic E-state index is -0.219. The van der Waals surface area contributed by atoms with Crippen LogP contribution in [0.1, 0.15) is 46.3 Å². The van der Waals surface area contributed by atoms with Crippen LogP contribution in [0.4, 0.5) is 0 Å². The summed E-state index contributed by atoms with van der Waals surface area (Å²) in [6.07, 6.45) is 3.35. The Kier molecular flexibility index (Phi) is 3.75. The quantitative estimate of drug-likeness (QED) is 0.776. The smallest absolute Gasteiger partial charge is 0.339 e. The van der Waals surface area contributed by atoms with E-state index in [1.807, 2.05) is 6.07 Å². The van der Waals surface area contributed by atoms with E-state index in [9.17, 15) is 4.79 Å². The summed E-state index contributed by atoms with van der Waals surface area (Å²) < 4.78 is 11.2. The van der Waals surface area contributed by atoms with E-state index in [0.29, 0.717) is 12.2 Å². The predicted octanol–water partition coefficient (Wildman–Crippen LogP) is 3.67. The predicted molar refractivity (Wildman–Crippen MR) is 98.3 cm³/mol. The third-order valence-corrected chi connectivity index (χ3v) is 6.29. The summed E-state index contributed by atoms with van der Waals surface area (Å²) in [7, 11) is 0. The lowest BCUT2D eigenvalue weighted by Crippen LogP contribution is -2.44. The summed E-state index contributed by atoms with van der Waals surface area (Å²) >= 11 is 0. The zero-order chi connectivity index (χ0) is 17.6. The molecule has 3 heterocycles. The highest BCUT2D eigenvalue weighted by atomic mass is 16.5. The Morgan fingerprint density at radius 2 is 1.77 bits per heavy atom. The SMILES string of the molecule is O=C1OCc2c1ccc1c2OCCC12CCN(Cc1ccccc1)CC2. The van der Waals surface area contributed by atoms with E-state index in [1.54, 1.807) is 0 Å². The van der Waals surface area contributed by atoms with Gasteiger partial charge in [-0.1, -0.05) is 36.4 Å². The number of carbonyl (C=O) groups is 1. The van der Waals surface area contributed by atoms with Crippen molar-refractivity contribution in [1.29, 1.82) is 0 Å². The molecule has 134 valence electrons. The molecule has 1 spiro atoms. The molecule has 2 aromatic rings. The third-order valence-electron chi connectivity index (χ3n) is 6.29. The number of hydrogen-bond donors (Lipinski definition) is 0. The molecule has 0 unspecified atom stereocenters. The van der Waals surface area contributed by atoms with Crippen molar-refractivity contribution >= 4 is 5.97 Å². The number of nitrogens with zero attached hydrogens (tertiary/aromatic N) is 1. The van der Waals surface area contributed by atoms with Crippen LogP contribution in [0.3, 0.4) is 0 Å². The summed E-state index contributed by atoms with van der Waals surface area (Å²) in [5, 5.41) is 0. The van der Waals surface area contributed by atoms with Crippen LogP contribution in [0.5, 0.6) is 5.75 Å². The second-order valence-electron chi connectivity index (χ2n) is 7.69. The average molecular weight is 349 g/mol. The van der Waals surface area contributed by atoms with Crippen LogP contribution in [-0.2, 0) is 23.3 Å². The van der Waals surface area contributed by atoms with Crippen molar-refractivity contribution in [2.24, 2.45) is 0 Å². The molecule has 0 saturated carbocycles. The first-order valence-corrected chi connectivity index (χ1v) is 9.48. The molecule has 1 fully saturated rings. The number of piperidine rings is 1. The zero-order valence-corrected chi connectivity index (χ0v) is 14.9. The van der Waals surface area contributed by atoms with Gasteiger partial charge in [-0.15, -0.1) is 0 Å². The van der Waals surface area contributed by atoms with E-state index in [2.05, 4.69) is 41.3 Å². The first-order valence-electron chi connectivity index (χ1n) is 9.48. The lowest BCUT2D eigenvalue weighted by Gasteiger charge is -2.45. The van der Waals surface area contributed by atoms with Gasteiger partial charge in [0.2, 0.25) is 0 Å². The minimum absolute atomic E-state index is 0.182. The van der Waals surface area contributed by atoms with Crippen LogP contribution in [0, 0.1) is 0 Å². The molecule has 0 atom stereocenters. The van der Waals surface area contributed by atoms with Crippen LogP contribution in [0.25, 0.3) is 0 Å². The van der Waals surface area contributed by atoms with Gasteiger partial charge in [-0.3, -0.25) is 4.90 Å². The number of esters is 1. The maximum atomic E-state index is 11.9. The fourth-order valence-electron chi connectivity index (χ4n) is 4.74. The molecule has 2 aromatic carbocycles. The molecule has 3 aliphatic rings. The molecule has 4 nitrogen and oxygen atoms in total. The fraction of sp³-hybridized carbons (Fsp3) is 0.409. The van der Waals surface area contributed by atoms with Crippen molar-refractivity contribution in [2.45, 2.75) is 37.8 Å². The highest BCUT2D eigenvalue weighted by molar-refractivity contribution is 5.94. The number of carbonyl (C=O) groups excluding carboxylic acids is 1. The van der Waals surface area contributed by atoms with E-state index in [-0.39, 0.29) is 11.4 Å². The van der Waals surface area contributed by atoms with Crippen molar-refractivity contribution in [3.63, 3.8) is 0 Å². The van der Waals surface area contributed by atoms with E-state index in [4.69, 9.17) is 9.47 Å². The van der Waals surface area contributed by atoms with Gasteiger partial charge in [0.25, 0.3) is 0 Å².